The first-order valence-corrected chi connectivity index (χ1v) is 9.01. The zero-order valence-electron chi connectivity index (χ0n) is 16.1. The quantitative estimate of drug-likeness (QED) is 0.834. The molecular formula is C21H23N3O4. The molecule has 2 aromatic rings. The van der Waals surface area contributed by atoms with Crippen molar-refractivity contribution in [2.45, 2.75) is 20.3 Å². The summed E-state index contributed by atoms with van der Waals surface area (Å²) in [6.07, 6.45) is 0.133. The van der Waals surface area contributed by atoms with Crippen LogP contribution in [0.2, 0.25) is 0 Å². The van der Waals surface area contributed by atoms with E-state index in [4.69, 9.17) is 4.74 Å². The van der Waals surface area contributed by atoms with Gasteiger partial charge in [-0.25, -0.2) is 0 Å². The second-order valence-electron chi connectivity index (χ2n) is 6.83. The Balaban J connectivity index is 1.72. The number of benzene rings is 2. The summed E-state index contributed by atoms with van der Waals surface area (Å²) in [5.41, 5.74) is 2.84. The molecule has 1 atom stereocenters. The van der Waals surface area contributed by atoms with Gasteiger partial charge in [-0.1, -0.05) is 12.1 Å². The van der Waals surface area contributed by atoms with Crippen LogP contribution >= 0.6 is 0 Å². The molecule has 0 bridgehead atoms. The van der Waals surface area contributed by atoms with Gasteiger partial charge in [0.2, 0.25) is 17.7 Å². The maximum Gasteiger partial charge on any atom is 0.229 e. The number of anilines is 3. The number of amides is 3. The van der Waals surface area contributed by atoms with E-state index in [1.165, 1.54) is 6.92 Å². The van der Waals surface area contributed by atoms with Crippen molar-refractivity contribution in [1.29, 1.82) is 0 Å². The zero-order chi connectivity index (χ0) is 20.3. The Labute approximate surface area is 163 Å². The number of nitrogens with one attached hydrogen (secondary N) is 2. The number of ether oxygens (including phenoxy) is 1. The average molecular weight is 381 g/mol. The second kappa shape index (κ2) is 8.12. The van der Waals surface area contributed by atoms with E-state index in [1.807, 2.05) is 25.1 Å². The van der Waals surface area contributed by atoms with Gasteiger partial charge >= 0.3 is 0 Å². The highest BCUT2D eigenvalue weighted by atomic mass is 16.5. The Kier molecular flexibility index (Phi) is 5.63. The number of rotatable bonds is 5. The lowest BCUT2D eigenvalue weighted by Crippen LogP contribution is -2.28. The van der Waals surface area contributed by atoms with Gasteiger partial charge in [-0.3, -0.25) is 14.4 Å². The third-order valence-corrected chi connectivity index (χ3v) is 4.57. The molecule has 1 saturated heterocycles. The predicted molar refractivity (Wildman–Crippen MR) is 108 cm³/mol. The molecule has 1 fully saturated rings. The van der Waals surface area contributed by atoms with Gasteiger partial charge in [0.25, 0.3) is 0 Å². The standard InChI is InChI=1S/C21H23N3O4/c1-13-7-8-19(28-3)18(9-13)24-12-15(10-20(24)26)21(27)23-17-6-4-5-16(11-17)22-14(2)25/h4-9,11,15H,10,12H2,1-3H3,(H,22,25)(H,23,27)/t15-/m0/s1. The van der Waals surface area contributed by atoms with Crippen LogP contribution in [-0.2, 0) is 14.4 Å². The Bertz CT molecular complexity index is 926. The van der Waals surface area contributed by atoms with E-state index in [0.717, 1.165) is 5.56 Å². The van der Waals surface area contributed by atoms with Crippen molar-refractivity contribution in [3.05, 3.63) is 48.0 Å². The SMILES string of the molecule is COc1ccc(C)cc1N1C[C@@H](C(=O)Nc2cccc(NC(C)=O)c2)CC1=O. The molecule has 0 spiro atoms. The van der Waals surface area contributed by atoms with E-state index in [0.29, 0.717) is 22.8 Å². The van der Waals surface area contributed by atoms with Crippen LogP contribution in [0.5, 0.6) is 5.75 Å². The van der Waals surface area contributed by atoms with Crippen LogP contribution < -0.4 is 20.3 Å². The van der Waals surface area contributed by atoms with Crippen molar-refractivity contribution >= 4 is 34.8 Å². The molecule has 0 aromatic heterocycles. The summed E-state index contributed by atoms with van der Waals surface area (Å²) >= 11 is 0. The van der Waals surface area contributed by atoms with Crippen molar-refractivity contribution < 1.29 is 19.1 Å². The van der Waals surface area contributed by atoms with Gasteiger partial charge in [-0.15, -0.1) is 0 Å². The number of carbonyl (C=O) groups excluding carboxylic acids is 3. The maximum atomic E-state index is 12.7. The topological polar surface area (TPSA) is 87.7 Å². The smallest absolute Gasteiger partial charge is 0.229 e. The highest BCUT2D eigenvalue weighted by Gasteiger charge is 2.36. The third kappa shape index (κ3) is 4.31. The van der Waals surface area contributed by atoms with E-state index in [2.05, 4.69) is 10.6 Å². The third-order valence-electron chi connectivity index (χ3n) is 4.57. The van der Waals surface area contributed by atoms with Gasteiger partial charge in [-0.05, 0) is 42.8 Å². The molecule has 3 rings (SSSR count). The minimum atomic E-state index is -0.470. The first-order chi connectivity index (χ1) is 13.4. The zero-order valence-corrected chi connectivity index (χ0v) is 16.1. The molecule has 0 aliphatic carbocycles. The van der Waals surface area contributed by atoms with Crippen molar-refractivity contribution in [3.63, 3.8) is 0 Å². The molecule has 3 amide bonds. The largest absolute Gasteiger partial charge is 0.495 e. The molecule has 28 heavy (non-hydrogen) atoms. The Morgan fingerprint density at radius 2 is 1.82 bits per heavy atom. The maximum absolute atomic E-state index is 12.7. The lowest BCUT2D eigenvalue weighted by atomic mass is 10.1. The van der Waals surface area contributed by atoms with Gasteiger partial charge in [0.1, 0.15) is 5.75 Å². The Hall–Kier alpha value is -3.35. The Morgan fingerprint density at radius 1 is 1.11 bits per heavy atom. The van der Waals surface area contributed by atoms with Gasteiger partial charge < -0.3 is 20.3 Å². The second-order valence-corrected chi connectivity index (χ2v) is 6.83. The number of carbonyl (C=O) groups is 3. The van der Waals surface area contributed by atoms with Crippen molar-refractivity contribution in [2.75, 3.05) is 29.2 Å². The van der Waals surface area contributed by atoms with Crippen LogP contribution in [0, 0.1) is 12.8 Å². The predicted octanol–water partition coefficient (Wildman–Crippen LogP) is 2.95. The van der Waals surface area contributed by atoms with Gasteiger partial charge in [0, 0.05) is 31.3 Å². The summed E-state index contributed by atoms with van der Waals surface area (Å²) in [6.45, 7) is 3.65. The molecule has 2 N–H and O–H groups in total. The van der Waals surface area contributed by atoms with E-state index in [1.54, 1.807) is 36.3 Å². The number of aryl methyl sites for hydroxylation is 1. The van der Waals surface area contributed by atoms with Crippen molar-refractivity contribution in [1.82, 2.24) is 0 Å². The van der Waals surface area contributed by atoms with Crippen LogP contribution in [-0.4, -0.2) is 31.4 Å². The summed E-state index contributed by atoms with van der Waals surface area (Å²) in [4.78, 5) is 38.0. The van der Waals surface area contributed by atoms with Crippen LogP contribution in [0.3, 0.4) is 0 Å². The lowest BCUT2D eigenvalue weighted by molar-refractivity contribution is -0.122. The van der Waals surface area contributed by atoms with Gasteiger partial charge in [-0.2, -0.15) is 0 Å². The molecule has 0 radical (unpaired) electrons. The van der Waals surface area contributed by atoms with Gasteiger partial charge in [0.05, 0.1) is 18.7 Å². The fourth-order valence-corrected chi connectivity index (χ4v) is 3.25. The molecule has 7 heteroatoms. The lowest BCUT2D eigenvalue weighted by Gasteiger charge is -2.20. The highest BCUT2D eigenvalue weighted by Crippen LogP contribution is 2.34. The molecular weight excluding hydrogens is 358 g/mol. The molecule has 0 unspecified atom stereocenters. The van der Waals surface area contributed by atoms with Crippen LogP contribution in [0.1, 0.15) is 18.9 Å². The first kappa shape index (κ1) is 19.4. The van der Waals surface area contributed by atoms with Crippen LogP contribution in [0.25, 0.3) is 0 Å². The fourth-order valence-electron chi connectivity index (χ4n) is 3.25. The summed E-state index contributed by atoms with van der Waals surface area (Å²) < 4.78 is 5.37. The summed E-state index contributed by atoms with van der Waals surface area (Å²) in [7, 11) is 1.56. The molecule has 1 heterocycles. The molecule has 1 aliphatic heterocycles. The van der Waals surface area contributed by atoms with Crippen molar-refractivity contribution in [2.24, 2.45) is 5.92 Å². The molecule has 146 valence electrons. The van der Waals surface area contributed by atoms with E-state index < -0.39 is 5.92 Å². The van der Waals surface area contributed by atoms with Crippen molar-refractivity contribution in [3.8, 4) is 5.75 Å². The average Bonchev–Trinajstić information content (AvgIpc) is 3.03. The molecule has 1 aliphatic rings. The van der Waals surface area contributed by atoms with E-state index >= 15 is 0 Å². The number of hydrogen-bond acceptors (Lipinski definition) is 4. The minimum absolute atomic E-state index is 0.115. The number of nitrogens with zero attached hydrogens (tertiary/aromatic N) is 1. The van der Waals surface area contributed by atoms with E-state index in [9.17, 15) is 14.4 Å². The van der Waals surface area contributed by atoms with Crippen LogP contribution in [0.15, 0.2) is 42.5 Å². The number of hydrogen-bond donors (Lipinski definition) is 2. The van der Waals surface area contributed by atoms with Gasteiger partial charge in [0.15, 0.2) is 0 Å². The molecule has 7 nitrogen and oxygen atoms in total. The summed E-state index contributed by atoms with van der Waals surface area (Å²) in [6, 6.07) is 12.5. The normalized spacial score (nSPS) is 16.0. The first-order valence-electron chi connectivity index (χ1n) is 9.01. The molecule has 2 aromatic carbocycles. The molecule has 0 saturated carbocycles. The summed E-state index contributed by atoms with van der Waals surface area (Å²) in [5, 5.41) is 5.50. The fraction of sp³-hybridized carbons (Fsp3) is 0.286. The summed E-state index contributed by atoms with van der Waals surface area (Å²) in [5.74, 6) is -0.406. The van der Waals surface area contributed by atoms with Crippen LogP contribution in [0.4, 0.5) is 17.1 Å². The minimum Gasteiger partial charge on any atom is -0.495 e. The number of methoxy groups -OCH3 is 1. The highest BCUT2D eigenvalue weighted by molar-refractivity contribution is 6.04. The Morgan fingerprint density at radius 3 is 2.50 bits per heavy atom. The monoisotopic (exact) mass is 381 g/mol. The van der Waals surface area contributed by atoms with E-state index in [-0.39, 0.29) is 30.7 Å².